The predicted octanol–water partition coefficient (Wildman–Crippen LogP) is 2.08. The second-order valence-electron chi connectivity index (χ2n) is 5.57. The number of nitrogens with one attached hydrogen (secondary N) is 1. The summed E-state index contributed by atoms with van der Waals surface area (Å²) >= 11 is 0. The van der Waals surface area contributed by atoms with Crippen LogP contribution in [0, 0.1) is 22.0 Å². The minimum Gasteiger partial charge on any atom is -0.345 e. The average Bonchev–Trinajstić information content (AvgIpc) is 2.65. The summed E-state index contributed by atoms with van der Waals surface area (Å²) in [6.45, 7) is 0.0971. The largest absolute Gasteiger partial charge is 0.345 e. The first-order chi connectivity index (χ1) is 12.4. The second-order valence-corrected chi connectivity index (χ2v) is 5.57. The van der Waals surface area contributed by atoms with E-state index >= 15 is 0 Å². The van der Waals surface area contributed by atoms with Gasteiger partial charge in [-0.25, -0.2) is 0 Å². The van der Waals surface area contributed by atoms with Gasteiger partial charge in [-0.2, -0.15) is 0 Å². The van der Waals surface area contributed by atoms with Crippen LogP contribution in [0.5, 0.6) is 0 Å². The number of benzene rings is 2. The first kappa shape index (κ1) is 18.7. The summed E-state index contributed by atoms with van der Waals surface area (Å²) < 4.78 is 0. The summed E-state index contributed by atoms with van der Waals surface area (Å²) in [6.07, 6.45) is 0. The van der Waals surface area contributed by atoms with E-state index in [4.69, 9.17) is 0 Å². The zero-order valence-corrected chi connectivity index (χ0v) is 14.4. The topological polar surface area (TPSA) is 92.6 Å². The molecule has 0 saturated carbocycles. The molecule has 26 heavy (non-hydrogen) atoms. The van der Waals surface area contributed by atoms with Gasteiger partial charge >= 0.3 is 0 Å². The van der Waals surface area contributed by atoms with Crippen LogP contribution in [0.15, 0.2) is 48.5 Å². The van der Waals surface area contributed by atoms with Gasteiger partial charge in [0.25, 0.3) is 17.5 Å². The fraction of sp³-hybridized carbons (Fsp3) is 0.158. The van der Waals surface area contributed by atoms with Crippen LogP contribution in [0.4, 0.5) is 5.69 Å². The number of hydrogen-bond donors (Lipinski definition) is 1. The van der Waals surface area contributed by atoms with Crippen molar-refractivity contribution < 1.29 is 14.5 Å². The Bertz CT molecular complexity index is 893. The molecule has 0 heterocycles. The summed E-state index contributed by atoms with van der Waals surface area (Å²) in [5, 5.41) is 13.3. The number of hydrogen-bond acceptors (Lipinski definition) is 4. The van der Waals surface area contributed by atoms with Crippen molar-refractivity contribution in [2.45, 2.75) is 0 Å². The van der Waals surface area contributed by atoms with E-state index in [1.807, 2.05) is 0 Å². The molecule has 0 aliphatic heterocycles. The average molecular weight is 351 g/mol. The Morgan fingerprint density at radius 1 is 1.12 bits per heavy atom. The molecule has 0 atom stereocenters. The predicted molar refractivity (Wildman–Crippen MR) is 96.8 cm³/mol. The Morgan fingerprint density at radius 2 is 1.81 bits per heavy atom. The van der Waals surface area contributed by atoms with Crippen molar-refractivity contribution in [2.24, 2.45) is 0 Å². The van der Waals surface area contributed by atoms with Crippen molar-refractivity contribution in [3.63, 3.8) is 0 Å². The summed E-state index contributed by atoms with van der Waals surface area (Å²) in [5.41, 5.74) is 1.34. The van der Waals surface area contributed by atoms with E-state index in [-0.39, 0.29) is 23.7 Å². The third kappa shape index (κ3) is 4.92. The highest BCUT2D eigenvalue weighted by molar-refractivity contribution is 5.95. The molecular weight excluding hydrogens is 334 g/mol. The van der Waals surface area contributed by atoms with E-state index in [1.54, 1.807) is 38.4 Å². The van der Waals surface area contributed by atoms with Gasteiger partial charge in [0.15, 0.2) is 0 Å². The molecule has 2 amide bonds. The van der Waals surface area contributed by atoms with E-state index in [9.17, 15) is 19.7 Å². The number of carbonyl (C=O) groups excluding carboxylic acids is 2. The van der Waals surface area contributed by atoms with Crippen LogP contribution in [-0.2, 0) is 0 Å². The zero-order valence-electron chi connectivity index (χ0n) is 14.4. The molecule has 0 bridgehead atoms. The van der Waals surface area contributed by atoms with E-state index in [2.05, 4.69) is 17.2 Å². The van der Waals surface area contributed by atoms with Crippen molar-refractivity contribution in [1.29, 1.82) is 0 Å². The van der Waals surface area contributed by atoms with Crippen LogP contribution in [-0.4, -0.2) is 42.3 Å². The molecule has 2 aromatic carbocycles. The Balaban J connectivity index is 1.94. The number of nitro groups is 1. The molecule has 0 saturated heterocycles. The molecule has 7 heteroatoms. The molecule has 7 nitrogen and oxygen atoms in total. The summed E-state index contributed by atoms with van der Waals surface area (Å²) in [6, 6.07) is 12.3. The van der Waals surface area contributed by atoms with Crippen LogP contribution >= 0.6 is 0 Å². The molecule has 0 aromatic heterocycles. The van der Waals surface area contributed by atoms with Gasteiger partial charge in [-0.3, -0.25) is 19.7 Å². The fourth-order valence-corrected chi connectivity index (χ4v) is 2.09. The number of carbonyl (C=O) groups is 2. The fourth-order valence-electron chi connectivity index (χ4n) is 2.09. The maximum Gasteiger partial charge on any atom is 0.270 e. The molecule has 132 valence electrons. The maximum atomic E-state index is 12.0. The van der Waals surface area contributed by atoms with Crippen molar-refractivity contribution in [3.05, 3.63) is 75.3 Å². The van der Waals surface area contributed by atoms with Gasteiger partial charge < -0.3 is 10.2 Å². The molecule has 0 aliphatic carbocycles. The molecule has 0 fully saturated rings. The highest BCUT2D eigenvalue weighted by Gasteiger charge is 2.10. The van der Waals surface area contributed by atoms with E-state index in [0.717, 1.165) is 0 Å². The number of nitrogens with zero attached hydrogens (tertiary/aromatic N) is 2. The van der Waals surface area contributed by atoms with Gasteiger partial charge in [0.2, 0.25) is 0 Å². The Kier molecular flexibility index (Phi) is 6.06. The highest BCUT2D eigenvalue weighted by atomic mass is 16.6. The highest BCUT2D eigenvalue weighted by Crippen LogP contribution is 2.12. The third-order valence-corrected chi connectivity index (χ3v) is 3.43. The van der Waals surface area contributed by atoms with Gasteiger partial charge in [0.1, 0.15) is 0 Å². The van der Waals surface area contributed by atoms with Crippen molar-refractivity contribution in [3.8, 4) is 11.8 Å². The Hall–Kier alpha value is -3.66. The molecule has 0 spiro atoms. The number of rotatable bonds is 4. The molecule has 0 radical (unpaired) electrons. The third-order valence-electron chi connectivity index (χ3n) is 3.43. The smallest absolute Gasteiger partial charge is 0.270 e. The van der Waals surface area contributed by atoms with E-state index in [1.165, 1.54) is 29.2 Å². The van der Waals surface area contributed by atoms with Crippen molar-refractivity contribution >= 4 is 17.5 Å². The van der Waals surface area contributed by atoms with Crippen molar-refractivity contribution in [1.82, 2.24) is 10.2 Å². The molecular formula is C19H17N3O4. The molecule has 0 aliphatic rings. The number of non-ortho nitro benzene ring substituents is 1. The Labute approximate surface area is 150 Å². The minimum absolute atomic E-state index is 0.0891. The number of nitro benzene ring substituents is 1. The van der Waals surface area contributed by atoms with Gasteiger partial charge in [-0.15, -0.1) is 0 Å². The second kappa shape index (κ2) is 8.44. The van der Waals surface area contributed by atoms with Gasteiger partial charge in [0.05, 0.1) is 11.5 Å². The Morgan fingerprint density at radius 3 is 2.42 bits per heavy atom. The lowest BCUT2D eigenvalue weighted by molar-refractivity contribution is -0.384. The molecule has 0 unspecified atom stereocenters. The van der Waals surface area contributed by atoms with Crippen molar-refractivity contribution in [2.75, 3.05) is 20.6 Å². The molecule has 1 N–H and O–H groups in total. The van der Waals surface area contributed by atoms with Gasteiger partial charge in [0, 0.05) is 42.9 Å². The number of amides is 2. The molecule has 2 aromatic rings. The van der Waals surface area contributed by atoms with Crippen LogP contribution in [0.25, 0.3) is 0 Å². The van der Waals surface area contributed by atoms with Gasteiger partial charge in [-0.05, 0) is 30.3 Å². The summed E-state index contributed by atoms with van der Waals surface area (Å²) in [4.78, 5) is 35.4. The first-order valence-corrected chi connectivity index (χ1v) is 7.71. The van der Waals surface area contributed by atoms with Crippen LogP contribution in [0.3, 0.4) is 0 Å². The SMILES string of the molecule is CN(C)C(=O)c1ccc(C#CCNC(=O)c2cccc([N+](=O)[O-])c2)cc1. The lowest BCUT2D eigenvalue weighted by Crippen LogP contribution is -2.23. The zero-order chi connectivity index (χ0) is 19.1. The van der Waals surface area contributed by atoms with Gasteiger partial charge in [-0.1, -0.05) is 17.9 Å². The lowest BCUT2D eigenvalue weighted by Gasteiger charge is -2.09. The minimum atomic E-state index is -0.554. The van der Waals surface area contributed by atoms with Crippen LogP contribution in [0.1, 0.15) is 26.3 Å². The van der Waals surface area contributed by atoms with Crippen LogP contribution < -0.4 is 5.32 Å². The quantitative estimate of drug-likeness (QED) is 0.518. The standard InChI is InChI=1S/C19H17N3O4/c1-21(2)19(24)15-10-8-14(9-11-15)5-4-12-20-18(23)16-6-3-7-17(13-16)22(25)26/h3,6-11,13H,12H2,1-2H3,(H,20,23). The normalized spacial score (nSPS) is 9.62. The monoisotopic (exact) mass is 351 g/mol. The van der Waals surface area contributed by atoms with E-state index in [0.29, 0.717) is 11.1 Å². The molecule has 2 rings (SSSR count). The lowest BCUT2D eigenvalue weighted by atomic mass is 10.1. The first-order valence-electron chi connectivity index (χ1n) is 7.71. The maximum absolute atomic E-state index is 12.0. The summed E-state index contributed by atoms with van der Waals surface area (Å²) in [5.74, 6) is 5.15. The summed E-state index contributed by atoms with van der Waals surface area (Å²) in [7, 11) is 3.36. The van der Waals surface area contributed by atoms with E-state index < -0.39 is 10.8 Å². The van der Waals surface area contributed by atoms with Crippen LogP contribution in [0.2, 0.25) is 0 Å².